The Morgan fingerprint density at radius 2 is 1.56 bits per heavy atom. The van der Waals surface area contributed by atoms with Gasteiger partial charge in [-0.3, -0.25) is 4.79 Å². The molecule has 0 saturated heterocycles. The van der Waals surface area contributed by atoms with Crippen LogP contribution in [0.5, 0.6) is 5.75 Å². The predicted octanol–water partition coefficient (Wildman–Crippen LogP) is 3.20. The van der Waals surface area contributed by atoms with Gasteiger partial charge in [-0.15, -0.1) is 0 Å². The summed E-state index contributed by atoms with van der Waals surface area (Å²) in [5.41, 5.74) is 0. The molecular weight excluding hydrogens is 306 g/mol. The number of halogens is 3. The molecule has 100 valence electrons. The van der Waals surface area contributed by atoms with Crippen molar-refractivity contribution in [2.45, 2.75) is 6.92 Å². The maximum absolute atomic E-state index is 10.2. The number of carboxylic acids is 2. The average Bonchev–Trinajstić information content (AvgIpc) is 2.20. The Balaban J connectivity index is 0.000000631. The molecule has 0 bridgehead atoms. The Morgan fingerprint density at radius 1 is 1.11 bits per heavy atom. The molecule has 0 amide bonds. The van der Waals surface area contributed by atoms with Crippen molar-refractivity contribution in [1.29, 1.82) is 0 Å². The quantitative estimate of drug-likeness (QED) is 0.837. The summed E-state index contributed by atoms with van der Waals surface area (Å²) in [5.74, 6) is -1.73. The van der Waals surface area contributed by atoms with E-state index in [-0.39, 0.29) is 15.8 Å². The molecule has 18 heavy (non-hydrogen) atoms. The molecule has 5 nitrogen and oxygen atoms in total. The van der Waals surface area contributed by atoms with Gasteiger partial charge in [-0.25, -0.2) is 4.79 Å². The lowest BCUT2D eigenvalue weighted by Gasteiger charge is -2.06. The highest BCUT2D eigenvalue weighted by Crippen LogP contribution is 2.33. The lowest BCUT2D eigenvalue weighted by atomic mass is 10.3. The van der Waals surface area contributed by atoms with E-state index in [1.165, 1.54) is 12.1 Å². The topological polar surface area (TPSA) is 83.8 Å². The Kier molecular flexibility index (Phi) is 7.50. The zero-order valence-electron chi connectivity index (χ0n) is 9.11. The summed E-state index contributed by atoms with van der Waals surface area (Å²) >= 11 is 17.1. The molecule has 0 aromatic heterocycles. The van der Waals surface area contributed by atoms with Crippen molar-refractivity contribution in [1.82, 2.24) is 0 Å². The number of rotatable bonds is 3. The summed E-state index contributed by atoms with van der Waals surface area (Å²) in [4.78, 5) is 19.2. The van der Waals surface area contributed by atoms with Gasteiger partial charge in [-0.05, 0) is 6.07 Å². The van der Waals surface area contributed by atoms with E-state index in [1.54, 1.807) is 0 Å². The zero-order valence-corrected chi connectivity index (χ0v) is 11.4. The van der Waals surface area contributed by atoms with Gasteiger partial charge < -0.3 is 14.9 Å². The van der Waals surface area contributed by atoms with Gasteiger partial charge in [0.05, 0.1) is 15.1 Å². The number of carboxylic acid groups (broad SMARTS) is 2. The van der Waals surface area contributed by atoms with Crippen molar-refractivity contribution in [3.63, 3.8) is 0 Å². The minimum absolute atomic E-state index is 0.198. The normalized spacial score (nSPS) is 9.11. The van der Waals surface area contributed by atoms with Crippen LogP contribution in [0.1, 0.15) is 6.92 Å². The predicted molar refractivity (Wildman–Crippen MR) is 67.9 cm³/mol. The molecule has 2 N–H and O–H groups in total. The third-order valence-electron chi connectivity index (χ3n) is 1.33. The fourth-order valence-electron chi connectivity index (χ4n) is 0.754. The molecule has 1 aromatic rings. The zero-order chi connectivity index (χ0) is 14.3. The highest BCUT2D eigenvalue weighted by molar-refractivity contribution is 6.43. The maximum atomic E-state index is 10.2. The van der Waals surface area contributed by atoms with Crippen LogP contribution in [0.25, 0.3) is 0 Å². The number of carbonyl (C=O) groups is 2. The van der Waals surface area contributed by atoms with Crippen molar-refractivity contribution < 1.29 is 24.5 Å². The smallest absolute Gasteiger partial charge is 0.341 e. The van der Waals surface area contributed by atoms with Gasteiger partial charge >= 0.3 is 5.97 Å². The van der Waals surface area contributed by atoms with Crippen molar-refractivity contribution >= 4 is 46.7 Å². The van der Waals surface area contributed by atoms with Crippen LogP contribution in [-0.2, 0) is 9.59 Å². The van der Waals surface area contributed by atoms with Crippen molar-refractivity contribution in [2.24, 2.45) is 0 Å². The molecule has 0 radical (unpaired) electrons. The van der Waals surface area contributed by atoms with Gasteiger partial charge in [-0.1, -0.05) is 34.8 Å². The summed E-state index contributed by atoms with van der Waals surface area (Å²) in [6.45, 7) is 0.609. The van der Waals surface area contributed by atoms with Crippen molar-refractivity contribution in [2.75, 3.05) is 6.61 Å². The van der Waals surface area contributed by atoms with Gasteiger partial charge in [0.1, 0.15) is 5.75 Å². The minimum Gasteiger partial charge on any atom is -0.481 e. The molecule has 8 heteroatoms. The first kappa shape index (κ1) is 16.8. The van der Waals surface area contributed by atoms with Crippen molar-refractivity contribution in [3.8, 4) is 5.75 Å². The molecule has 0 aliphatic heterocycles. The van der Waals surface area contributed by atoms with E-state index in [9.17, 15) is 4.79 Å². The van der Waals surface area contributed by atoms with Crippen molar-refractivity contribution in [3.05, 3.63) is 27.2 Å². The number of hydrogen-bond donors (Lipinski definition) is 2. The van der Waals surface area contributed by atoms with Gasteiger partial charge in [0.15, 0.2) is 6.61 Å². The molecule has 0 fully saturated rings. The second-order valence-electron chi connectivity index (χ2n) is 2.90. The number of hydrogen-bond acceptors (Lipinski definition) is 3. The van der Waals surface area contributed by atoms with Crippen LogP contribution in [0.15, 0.2) is 12.1 Å². The van der Waals surface area contributed by atoms with E-state index >= 15 is 0 Å². The monoisotopic (exact) mass is 314 g/mol. The summed E-state index contributed by atoms with van der Waals surface area (Å²) in [7, 11) is 0. The van der Waals surface area contributed by atoms with Crippen LogP contribution in [0.3, 0.4) is 0 Å². The van der Waals surface area contributed by atoms with E-state index in [1.807, 2.05) is 0 Å². The van der Waals surface area contributed by atoms with Gasteiger partial charge in [0, 0.05) is 13.0 Å². The van der Waals surface area contributed by atoms with E-state index in [4.69, 9.17) is 54.5 Å². The first-order valence-electron chi connectivity index (χ1n) is 4.42. The maximum Gasteiger partial charge on any atom is 0.341 e. The van der Waals surface area contributed by atoms with Crippen LogP contribution < -0.4 is 4.74 Å². The third-order valence-corrected chi connectivity index (χ3v) is 2.34. The summed E-state index contributed by atoms with van der Waals surface area (Å²) in [6.07, 6.45) is 0. The standard InChI is InChI=1S/C8H5Cl3O3.C2H4O2/c9-4-1-6(11)7(2-5(4)10)14-3-8(12)13;1-2(3)4/h1-2H,3H2,(H,12,13);1H3,(H,3,4). The molecule has 0 saturated carbocycles. The molecule has 0 aliphatic carbocycles. The highest BCUT2D eigenvalue weighted by Gasteiger charge is 2.08. The first-order valence-corrected chi connectivity index (χ1v) is 5.56. The highest BCUT2D eigenvalue weighted by atomic mass is 35.5. The summed E-state index contributed by atoms with van der Waals surface area (Å²) < 4.78 is 4.86. The Hall–Kier alpha value is -1.17. The number of benzene rings is 1. The van der Waals surface area contributed by atoms with Crippen LogP contribution in [0.4, 0.5) is 0 Å². The summed E-state index contributed by atoms with van der Waals surface area (Å²) in [5, 5.41) is 16.6. The van der Waals surface area contributed by atoms with Gasteiger partial charge in [0.2, 0.25) is 0 Å². The van der Waals surface area contributed by atoms with Crippen LogP contribution in [0.2, 0.25) is 15.1 Å². The third kappa shape index (κ3) is 7.21. The first-order chi connectivity index (χ1) is 8.23. The SMILES string of the molecule is CC(=O)O.O=C(O)COc1cc(Cl)c(Cl)cc1Cl. The molecule has 0 heterocycles. The van der Waals surface area contributed by atoms with Gasteiger partial charge in [0.25, 0.3) is 5.97 Å². The molecule has 1 rings (SSSR count). The molecular formula is C10H9Cl3O5. The second kappa shape index (κ2) is 8.02. The number of aliphatic carboxylic acids is 2. The van der Waals surface area contributed by atoms with Crippen LogP contribution in [0, 0.1) is 0 Å². The Morgan fingerprint density at radius 3 is 2.00 bits per heavy atom. The van der Waals surface area contributed by atoms with E-state index in [0.717, 1.165) is 6.92 Å². The summed E-state index contributed by atoms with van der Waals surface area (Å²) in [6, 6.07) is 2.76. The largest absolute Gasteiger partial charge is 0.481 e. The fourth-order valence-corrected chi connectivity index (χ4v) is 1.35. The molecule has 0 spiro atoms. The van der Waals surface area contributed by atoms with Crippen LogP contribution >= 0.6 is 34.8 Å². The molecule has 0 unspecified atom stereocenters. The molecule has 0 atom stereocenters. The Labute approximate surface area is 118 Å². The van der Waals surface area contributed by atoms with E-state index in [2.05, 4.69) is 0 Å². The molecule has 1 aromatic carbocycles. The van der Waals surface area contributed by atoms with Crippen LogP contribution in [-0.4, -0.2) is 28.8 Å². The lowest BCUT2D eigenvalue weighted by molar-refractivity contribution is -0.139. The fraction of sp³-hybridized carbons (Fsp3) is 0.200. The van der Waals surface area contributed by atoms with E-state index < -0.39 is 18.5 Å². The minimum atomic E-state index is -1.09. The second-order valence-corrected chi connectivity index (χ2v) is 4.12. The lowest BCUT2D eigenvalue weighted by Crippen LogP contribution is -2.09. The number of ether oxygens (including phenoxy) is 1. The van der Waals surface area contributed by atoms with Gasteiger partial charge in [-0.2, -0.15) is 0 Å². The Bertz CT molecular complexity index is 443. The average molecular weight is 316 g/mol. The molecule has 0 aliphatic rings. The van der Waals surface area contributed by atoms with E-state index in [0.29, 0.717) is 5.02 Å².